The van der Waals surface area contributed by atoms with Crippen LogP contribution in [0, 0.1) is 11.6 Å². The molecule has 1 aromatic heterocycles. The Morgan fingerprint density at radius 2 is 1.69 bits per heavy atom. The second kappa shape index (κ2) is 7.81. The summed E-state index contributed by atoms with van der Waals surface area (Å²) >= 11 is 0. The van der Waals surface area contributed by atoms with E-state index in [0.717, 1.165) is 37.5 Å². The molecule has 0 saturated carbocycles. The molecule has 0 bridgehead atoms. The van der Waals surface area contributed by atoms with E-state index in [9.17, 15) is 17.2 Å². The maximum atomic E-state index is 13.3. The second-order valence-electron chi connectivity index (χ2n) is 6.24. The number of hydrogen-bond donors (Lipinski definition) is 0. The highest BCUT2D eigenvalue weighted by molar-refractivity contribution is 7.89. The molecule has 0 radical (unpaired) electrons. The van der Waals surface area contributed by atoms with Gasteiger partial charge in [0.25, 0.3) is 0 Å². The van der Waals surface area contributed by atoms with E-state index in [1.165, 1.54) is 4.31 Å². The van der Waals surface area contributed by atoms with Crippen molar-refractivity contribution in [2.75, 3.05) is 32.7 Å². The largest absolute Gasteiger partial charge is 0.334 e. The van der Waals surface area contributed by atoms with Crippen molar-refractivity contribution >= 4 is 10.0 Å². The maximum absolute atomic E-state index is 13.3. The number of aryl methyl sites for hydroxylation is 1. The number of sulfonamides is 1. The van der Waals surface area contributed by atoms with Gasteiger partial charge in [-0.05, 0) is 12.1 Å². The molecule has 1 aliphatic heterocycles. The second-order valence-corrected chi connectivity index (χ2v) is 8.18. The molecule has 0 N–H and O–H groups in total. The van der Waals surface area contributed by atoms with Crippen LogP contribution in [0.5, 0.6) is 0 Å². The molecule has 0 atom stereocenters. The summed E-state index contributed by atoms with van der Waals surface area (Å²) in [7, 11) is -3.89. The number of halogens is 2. The zero-order valence-corrected chi connectivity index (χ0v) is 15.4. The summed E-state index contributed by atoms with van der Waals surface area (Å²) in [5.41, 5.74) is 0. The molecule has 1 aliphatic rings. The van der Waals surface area contributed by atoms with E-state index in [0.29, 0.717) is 32.2 Å². The van der Waals surface area contributed by atoms with Crippen molar-refractivity contribution < 1.29 is 17.2 Å². The van der Waals surface area contributed by atoms with Gasteiger partial charge in [0.2, 0.25) is 10.0 Å². The molecule has 9 heteroatoms. The highest BCUT2D eigenvalue weighted by atomic mass is 32.2. The van der Waals surface area contributed by atoms with E-state index < -0.39 is 21.7 Å². The van der Waals surface area contributed by atoms with Gasteiger partial charge in [-0.2, -0.15) is 4.31 Å². The van der Waals surface area contributed by atoms with Gasteiger partial charge >= 0.3 is 0 Å². The summed E-state index contributed by atoms with van der Waals surface area (Å²) in [5, 5.41) is 0. The molecule has 0 aliphatic carbocycles. The van der Waals surface area contributed by atoms with Gasteiger partial charge in [-0.15, -0.1) is 0 Å². The molecule has 26 heavy (non-hydrogen) atoms. The first-order valence-electron chi connectivity index (χ1n) is 8.59. The Morgan fingerprint density at radius 1 is 1.04 bits per heavy atom. The fourth-order valence-corrected chi connectivity index (χ4v) is 4.59. The number of hydrogen-bond acceptors (Lipinski definition) is 4. The van der Waals surface area contributed by atoms with Gasteiger partial charge in [-0.25, -0.2) is 22.2 Å². The Bertz CT molecular complexity index is 841. The number of nitrogens with zero attached hydrogens (tertiary/aromatic N) is 4. The quantitative estimate of drug-likeness (QED) is 0.761. The van der Waals surface area contributed by atoms with Gasteiger partial charge in [0.15, 0.2) is 0 Å². The molecule has 0 amide bonds. The first-order valence-corrected chi connectivity index (χ1v) is 10.0. The Kier molecular flexibility index (Phi) is 5.69. The van der Waals surface area contributed by atoms with Crippen molar-refractivity contribution in [2.24, 2.45) is 0 Å². The van der Waals surface area contributed by atoms with Crippen molar-refractivity contribution in [2.45, 2.75) is 24.8 Å². The van der Waals surface area contributed by atoms with E-state index >= 15 is 0 Å². The molecule has 0 unspecified atom stereocenters. The summed E-state index contributed by atoms with van der Waals surface area (Å²) < 4.78 is 55.2. The Labute approximate surface area is 152 Å². The fourth-order valence-electron chi connectivity index (χ4n) is 3.13. The zero-order valence-electron chi connectivity index (χ0n) is 14.6. The molecule has 1 fully saturated rings. The van der Waals surface area contributed by atoms with E-state index in [2.05, 4.69) is 21.4 Å². The van der Waals surface area contributed by atoms with Crippen LogP contribution in [0.15, 0.2) is 35.5 Å². The van der Waals surface area contributed by atoms with Crippen molar-refractivity contribution in [3.05, 3.63) is 48.1 Å². The minimum absolute atomic E-state index is 0.297. The third-order valence-corrected chi connectivity index (χ3v) is 6.46. The standard InChI is InChI=1S/C17H22F2N4O2S/c1-2-17-20-3-4-22(17)8-5-21-6-9-23(10-7-21)26(24,25)16-12-14(18)11-15(19)13-16/h3-4,11-13H,2,5-10H2,1H3. The lowest BCUT2D eigenvalue weighted by atomic mass is 10.3. The van der Waals surface area contributed by atoms with Crippen LogP contribution in [0.3, 0.4) is 0 Å². The van der Waals surface area contributed by atoms with Gasteiger partial charge in [-0.1, -0.05) is 6.92 Å². The molecule has 0 spiro atoms. The van der Waals surface area contributed by atoms with Crippen LogP contribution in [0.4, 0.5) is 8.78 Å². The summed E-state index contributed by atoms with van der Waals surface area (Å²) in [6, 6.07) is 2.38. The highest BCUT2D eigenvalue weighted by Crippen LogP contribution is 2.20. The zero-order chi connectivity index (χ0) is 18.7. The van der Waals surface area contributed by atoms with Gasteiger partial charge in [0.05, 0.1) is 4.90 Å². The lowest BCUT2D eigenvalue weighted by Crippen LogP contribution is -2.49. The lowest BCUT2D eigenvalue weighted by Gasteiger charge is -2.34. The molecule has 2 aromatic rings. The van der Waals surface area contributed by atoms with Crippen LogP contribution in [-0.4, -0.2) is 59.9 Å². The number of imidazole rings is 1. The SMILES string of the molecule is CCc1nccn1CCN1CCN(S(=O)(=O)c2cc(F)cc(F)c2)CC1. The van der Waals surface area contributed by atoms with Crippen molar-refractivity contribution in [3.63, 3.8) is 0 Å². The molecule has 1 aromatic carbocycles. The van der Waals surface area contributed by atoms with Crippen LogP contribution in [-0.2, 0) is 23.0 Å². The summed E-state index contributed by atoms with van der Waals surface area (Å²) in [4.78, 5) is 6.13. The fraction of sp³-hybridized carbons (Fsp3) is 0.471. The van der Waals surface area contributed by atoms with E-state index in [4.69, 9.17) is 0 Å². The van der Waals surface area contributed by atoms with Crippen LogP contribution >= 0.6 is 0 Å². The maximum Gasteiger partial charge on any atom is 0.243 e. The predicted octanol–water partition coefficient (Wildman–Crippen LogP) is 1.73. The van der Waals surface area contributed by atoms with Crippen LogP contribution in [0.25, 0.3) is 0 Å². The molecule has 2 heterocycles. The average Bonchev–Trinajstić information content (AvgIpc) is 3.07. The molecule has 3 rings (SSSR count). The van der Waals surface area contributed by atoms with E-state index in [1.54, 1.807) is 6.20 Å². The molecule has 6 nitrogen and oxygen atoms in total. The summed E-state index contributed by atoms with van der Waals surface area (Å²) in [6.07, 6.45) is 4.59. The Balaban J connectivity index is 1.59. The van der Waals surface area contributed by atoms with Crippen LogP contribution in [0.1, 0.15) is 12.7 Å². The van der Waals surface area contributed by atoms with E-state index in [-0.39, 0.29) is 4.90 Å². The topological polar surface area (TPSA) is 58.4 Å². The average molecular weight is 384 g/mol. The van der Waals surface area contributed by atoms with Gasteiger partial charge in [0, 0.05) is 64.1 Å². The van der Waals surface area contributed by atoms with Gasteiger partial charge < -0.3 is 4.57 Å². The molecule has 1 saturated heterocycles. The first-order chi connectivity index (χ1) is 12.4. The minimum Gasteiger partial charge on any atom is -0.334 e. The lowest BCUT2D eigenvalue weighted by molar-refractivity contribution is 0.182. The number of piperazine rings is 1. The Morgan fingerprint density at radius 3 is 2.31 bits per heavy atom. The van der Waals surface area contributed by atoms with Crippen LogP contribution in [0.2, 0.25) is 0 Å². The first kappa shape index (κ1) is 18.9. The number of aromatic nitrogens is 2. The van der Waals surface area contributed by atoms with Crippen molar-refractivity contribution in [3.8, 4) is 0 Å². The van der Waals surface area contributed by atoms with Crippen molar-refractivity contribution in [1.29, 1.82) is 0 Å². The monoisotopic (exact) mass is 384 g/mol. The summed E-state index contributed by atoms with van der Waals surface area (Å²) in [5.74, 6) is -0.761. The number of benzene rings is 1. The molecular weight excluding hydrogens is 362 g/mol. The highest BCUT2D eigenvalue weighted by Gasteiger charge is 2.29. The van der Waals surface area contributed by atoms with Gasteiger partial charge in [-0.3, -0.25) is 4.90 Å². The van der Waals surface area contributed by atoms with Crippen molar-refractivity contribution in [1.82, 2.24) is 18.8 Å². The third-order valence-electron chi connectivity index (χ3n) is 4.58. The Hall–Kier alpha value is -1.84. The molecule has 142 valence electrons. The normalized spacial score (nSPS) is 16.9. The predicted molar refractivity (Wildman–Crippen MR) is 93.2 cm³/mol. The smallest absolute Gasteiger partial charge is 0.243 e. The number of rotatable bonds is 6. The van der Waals surface area contributed by atoms with Crippen LogP contribution < -0.4 is 0 Å². The summed E-state index contributed by atoms with van der Waals surface area (Å²) in [6.45, 7) is 5.39. The van der Waals surface area contributed by atoms with Gasteiger partial charge in [0.1, 0.15) is 17.5 Å². The third kappa shape index (κ3) is 4.11. The molecular formula is C17H22F2N4O2S. The minimum atomic E-state index is -3.89. The van der Waals surface area contributed by atoms with E-state index in [1.807, 2.05) is 6.20 Å².